The molecular weight excluding hydrogens is 330 g/mol. The molecule has 3 rings (SSSR count). The molecule has 2 amide bonds. The van der Waals surface area contributed by atoms with E-state index >= 15 is 0 Å². The minimum absolute atomic E-state index is 0.0166. The van der Waals surface area contributed by atoms with Crippen LogP contribution in [0.2, 0.25) is 0 Å². The van der Waals surface area contributed by atoms with Crippen LogP contribution in [0, 0.1) is 17.2 Å². The third kappa shape index (κ3) is 3.41. The SMILES string of the molecule is N#Cc1cccc(NC(=O)C2CC(=O)N(C3CCS(=O)(=O)C3)C2)c1. The average Bonchev–Trinajstić information content (AvgIpc) is 3.10. The van der Waals surface area contributed by atoms with Crippen LogP contribution in [0.1, 0.15) is 18.4 Å². The molecule has 24 heavy (non-hydrogen) atoms. The number of rotatable bonds is 3. The van der Waals surface area contributed by atoms with E-state index in [9.17, 15) is 18.0 Å². The summed E-state index contributed by atoms with van der Waals surface area (Å²) in [6, 6.07) is 8.23. The van der Waals surface area contributed by atoms with Gasteiger partial charge in [0.25, 0.3) is 0 Å². The van der Waals surface area contributed by atoms with Gasteiger partial charge >= 0.3 is 0 Å². The summed E-state index contributed by atoms with van der Waals surface area (Å²) in [5.74, 6) is -0.896. The maximum Gasteiger partial charge on any atom is 0.229 e. The Morgan fingerprint density at radius 1 is 1.38 bits per heavy atom. The standard InChI is InChI=1S/C16H17N3O4S/c17-8-11-2-1-3-13(6-11)18-16(21)12-7-15(20)19(9-12)14-4-5-24(22,23)10-14/h1-3,6,12,14H,4-5,7,9-10H2,(H,18,21). The lowest BCUT2D eigenvalue weighted by atomic mass is 10.1. The van der Waals surface area contributed by atoms with Crippen LogP contribution in [0.3, 0.4) is 0 Å². The van der Waals surface area contributed by atoms with Crippen LogP contribution >= 0.6 is 0 Å². The molecule has 7 nitrogen and oxygen atoms in total. The van der Waals surface area contributed by atoms with Gasteiger partial charge in [-0.3, -0.25) is 9.59 Å². The molecule has 2 atom stereocenters. The van der Waals surface area contributed by atoms with E-state index in [0.29, 0.717) is 17.7 Å². The van der Waals surface area contributed by atoms with Crippen molar-refractivity contribution >= 4 is 27.3 Å². The molecule has 2 heterocycles. The lowest BCUT2D eigenvalue weighted by Crippen LogP contribution is -2.38. The fraction of sp³-hybridized carbons (Fsp3) is 0.438. The van der Waals surface area contributed by atoms with Crippen LogP contribution in [0.25, 0.3) is 0 Å². The van der Waals surface area contributed by atoms with Gasteiger partial charge in [0.2, 0.25) is 11.8 Å². The summed E-state index contributed by atoms with van der Waals surface area (Å²) in [4.78, 5) is 26.0. The third-order valence-corrected chi connectivity index (χ3v) is 6.19. The number of hydrogen-bond acceptors (Lipinski definition) is 5. The number of hydrogen-bond donors (Lipinski definition) is 1. The maximum atomic E-state index is 12.4. The Bertz CT molecular complexity index is 828. The Morgan fingerprint density at radius 2 is 2.17 bits per heavy atom. The van der Waals surface area contributed by atoms with Gasteiger partial charge < -0.3 is 10.2 Å². The monoisotopic (exact) mass is 347 g/mol. The number of benzene rings is 1. The Kier molecular flexibility index (Phi) is 4.28. The summed E-state index contributed by atoms with van der Waals surface area (Å²) < 4.78 is 23.2. The molecule has 2 unspecified atom stereocenters. The van der Waals surface area contributed by atoms with Crippen molar-refractivity contribution in [3.63, 3.8) is 0 Å². The smallest absolute Gasteiger partial charge is 0.229 e. The summed E-state index contributed by atoms with van der Waals surface area (Å²) in [5, 5.41) is 11.6. The van der Waals surface area contributed by atoms with Gasteiger partial charge in [-0.2, -0.15) is 5.26 Å². The zero-order valence-corrected chi connectivity index (χ0v) is 13.8. The zero-order chi connectivity index (χ0) is 17.3. The Labute approximate surface area is 140 Å². The normalized spacial score (nSPS) is 25.5. The molecule has 0 aromatic heterocycles. The zero-order valence-electron chi connectivity index (χ0n) is 12.9. The van der Waals surface area contributed by atoms with E-state index in [1.54, 1.807) is 24.3 Å². The van der Waals surface area contributed by atoms with Crippen molar-refractivity contribution in [2.45, 2.75) is 18.9 Å². The molecule has 2 aliphatic heterocycles. The van der Waals surface area contributed by atoms with Crippen molar-refractivity contribution in [2.75, 3.05) is 23.4 Å². The topological polar surface area (TPSA) is 107 Å². The second-order valence-corrected chi connectivity index (χ2v) is 8.41. The number of nitrogens with one attached hydrogen (secondary N) is 1. The lowest BCUT2D eigenvalue weighted by molar-refractivity contribution is -0.129. The first-order chi connectivity index (χ1) is 11.4. The van der Waals surface area contributed by atoms with Crippen molar-refractivity contribution in [1.29, 1.82) is 5.26 Å². The van der Waals surface area contributed by atoms with E-state index in [2.05, 4.69) is 5.32 Å². The molecule has 0 saturated carbocycles. The van der Waals surface area contributed by atoms with E-state index in [1.807, 2.05) is 6.07 Å². The number of nitrogens with zero attached hydrogens (tertiary/aromatic N) is 2. The van der Waals surface area contributed by atoms with Crippen molar-refractivity contribution in [1.82, 2.24) is 4.90 Å². The number of sulfone groups is 1. The fourth-order valence-electron chi connectivity index (χ4n) is 3.19. The van der Waals surface area contributed by atoms with E-state index in [0.717, 1.165) is 0 Å². The number of amides is 2. The first-order valence-electron chi connectivity index (χ1n) is 7.69. The molecule has 2 fully saturated rings. The first-order valence-corrected chi connectivity index (χ1v) is 9.51. The molecule has 2 aliphatic rings. The number of carbonyl (C=O) groups excluding carboxylic acids is 2. The highest BCUT2D eigenvalue weighted by atomic mass is 32.2. The van der Waals surface area contributed by atoms with Crippen LogP contribution < -0.4 is 5.32 Å². The minimum Gasteiger partial charge on any atom is -0.338 e. The van der Waals surface area contributed by atoms with E-state index in [1.165, 1.54) is 4.90 Å². The molecule has 8 heteroatoms. The summed E-state index contributed by atoms with van der Waals surface area (Å²) in [5.41, 5.74) is 0.946. The highest BCUT2D eigenvalue weighted by Gasteiger charge is 2.41. The van der Waals surface area contributed by atoms with Crippen molar-refractivity contribution in [2.24, 2.45) is 5.92 Å². The second-order valence-electron chi connectivity index (χ2n) is 6.19. The van der Waals surface area contributed by atoms with E-state index < -0.39 is 15.8 Å². The first kappa shape index (κ1) is 16.5. The molecule has 0 bridgehead atoms. The Morgan fingerprint density at radius 3 is 2.83 bits per heavy atom. The maximum absolute atomic E-state index is 12.4. The third-order valence-electron chi connectivity index (χ3n) is 4.44. The molecule has 1 N–H and O–H groups in total. The predicted molar refractivity (Wildman–Crippen MR) is 86.7 cm³/mol. The van der Waals surface area contributed by atoms with Gasteiger partial charge in [-0.1, -0.05) is 6.07 Å². The number of nitriles is 1. The van der Waals surface area contributed by atoms with Gasteiger partial charge in [-0.15, -0.1) is 0 Å². The average molecular weight is 347 g/mol. The van der Waals surface area contributed by atoms with Gasteiger partial charge in [0.05, 0.1) is 29.1 Å². The number of likely N-dealkylation sites (tertiary alicyclic amines) is 1. The molecule has 0 spiro atoms. The summed E-state index contributed by atoms with van der Waals surface area (Å²) in [7, 11) is -3.08. The van der Waals surface area contributed by atoms with Gasteiger partial charge in [-0.25, -0.2) is 8.42 Å². The Hall–Kier alpha value is -2.40. The van der Waals surface area contributed by atoms with Crippen molar-refractivity contribution < 1.29 is 18.0 Å². The van der Waals surface area contributed by atoms with E-state index in [-0.39, 0.29) is 42.3 Å². The second kappa shape index (κ2) is 6.24. The molecule has 126 valence electrons. The molecule has 1 aromatic rings. The van der Waals surface area contributed by atoms with Gasteiger partial charge in [0.1, 0.15) is 0 Å². The summed E-state index contributed by atoms with van der Waals surface area (Å²) >= 11 is 0. The lowest BCUT2D eigenvalue weighted by Gasteiger charge is -2.22. The van der Waals surface area contributed by atoms with Crippen LogP contribution in [-0.4, -0.2) is 49.2 Å². The van der Waals surface area contributed by atoms with Gasteiger partial charge in [0, 0.05) is 24.7 Å². The predicted octanol–water partition coefficient (Wildman–Crippen LogP) is 0.532. The van der Waals surface area contributed by atoms with Crippen LogP contribution in [0.4, 0.5) is 5.69 Å². The Balaban J connectivity index is 1.65. The highest BCUT2D eigenvalue weighted by Crippen LogP contribution is 2.27. The molecule has 0 aliphatic carbocycles. The fourth-order valence-corrected chi connectivity index (χ4v) is 4.92. The molecule has 0 radical (unpaired) electrons. The summed E-state index contributed by atoms with van der Waals surface area (Å²) in [6.07, 6.45) is 0.521. The molecule has 1 aromatic carbocycles. The van der Waals surface area contributed by atoms with Crippen LogP contribution in [0.15, 0.2) is 24.3 Å². The quantitative estimate of drug-likeness (QED) is 0.858. The van der Waals surface area contributed by atoms with Gasteiger partial charge in [0.15, 0.2) is 9.84 Å². The van der Waals surface area contributed by atoms with E-state index in [4.69, 9.17) is 5.26 Å². The number of anilines is 1. The van der Waals surface area contributed by atoms with Gasteiger partial charge in [-0.05, 0) is 24.6 Å². The van der Waals surface area contributed by atoms with Crippen LogP contribution in [-0.2, 0) is 19.4 Å². The highest BCUT2D eigenvalue weighted by molar-refractivity contribution is 7.91. The summed E-state index contributed by atoms with van der Waals surface area (Å²) in [6.45, 7) is 0.239. The minimum atomic E-state index is -3.08. The molecular formula is C16H17N3O4S. The van der Waals surface area contributed by atoms with Crippen molar-refractivity contribution in [3.8, 4) is 6.07 Å². The largest absolute Gasteiger partial charge is 0.338 e. The van der Waals surface area contributed by atoms with Crippen molar-refractivity contribution in [3.05, 3.63) is 29.8 Å². The van der Waals surface area contributed by atoms with Crippen LogP contribution in [0.5, 0.6) is 0 Å². The molecule has 2 saturated heterocycles. The number of carbonyl (C=O) groups is 2.